The second-order valence-electron chi connectivity index (χ2n) is 4.57. The van der Waals surface area contributed by atoms with Crippen LogP contribution >= 0.6 is 11.6 Å². The van der Waals surface area contributed by atoms with E-state index in [-0.39, 0.29) is 6.61 Å². The molecular formula is C18H14ClNO4. The number of aliphatic carboxylic acids is 1. The molecule has 5 nitrogen and oxygen atoms in total. The summed E-state index contributed by atoms with van der Waals surface area (Å²) in [6, 6.07) is 14.4. The van der Waals surface area contributed by atoms with Gasteiger partial charge in [0.1, 0.15) is 12.4 Å². The first-order chi connectivity index (χ1) is 11.6. The van der Waals surface area contributed by atoms with E-state index in [9.17, 15) is 4.79 Å². The number of carboxylic acids is 1. The van der Waals surface area contributed by atoms with Crippen molar-refractivity contribution in [3.05, 3.63) is 64.7 Å². The third-order valence-corrected chi connectivity index (χ3v) is 2.95. The first-order valence-electron chi connectivity index (χ1n) is 6.98. The monoisotopic (exact) mass is 343 g/mol. The average molecular weight is 344 g/mol. The smallest absolute Gasteiger partial charge is 0.344 e. The van der Waals surface area contributed by atoms with E-state index in [2.05, 4.69) is 21.8 Å². The highest BCUT2D eigenvalue weighted by atomic mass is 35.5. The van der Waals surface area contributed by atoms with Crippen molar-refractivity contribution in [1.82, 2.24) is 0 Å². The molecule has 0 saturated carbocycles. The molecule has 0 aliphatic carbocycles. The predicted molar refractivity (Wildman–Crippen MR) is 91.4 cm³/mol. The van der Waals surface area contributed by atoms with Crippen LogP contribution < -0.4 is 4.74 Å². The molecule has 6 heteroatoms. The molecule has 0 aromatic heterocycles. The number of carboxylic acid groups (broad SMARTS) is 1. The molecule has 0 radical (unpaired) electrons. The highest BCUT2D eigenvalue weighted by Crippen LogP contribution is 2.16. The molecule has 122 valence electrons. The number of rotatable bonds is 6. The second kappa shape index (κ2) is 9.23. The normalized spacial score (nSPS) is 10.0. The van der Waals surface area contributed by atoms with Gasteiger partial charge in [-0.15, -0.1) is 0 Å². The topological polar surface area (TPSA) is 68.1 Å². The van der Waals surface area contributed by atoms with Gasteiger partial charge in [0.15, 0.2) is 0 Å². The van der Waals surface area contributed by atoms with Gasteiger partial charge in [0.05, 0.1) is 6.21 Å². The third-order valence-electron chi connectivity index (χ3n) is 2.71. The van der Waals surface area contributed by atoms with Gasteiger partial charge in [-0.05, 0) is 35.9 Å². The van der Waals surface area contributed by atoms with E-state index >= 15 is 0 Å². The SMILES string of the molecule is O=C(O)CON=Cc1ccc(C#CCOc2cccc(Cl)c2)cc1. The van der Waals surface area contributed by atoms with E-state index in [0.717, 1.165) is 11.1 Å². The van der Waals surface area contributed by atoms with Gasteiger partial charge in [0.25, 0.3) is 0 Å². The van der Waals surface area contributed by atoms with Gasteiger partial charge in [-0.25, -0.2) is 4.79 Å². The van der Waals surface area contributed by atoms with Crippen LogP contribution in [0.5, 0.6) is 5.75 Å². The number of carbonyl (C=O) groups is 1. The van der Waals surface area contributed by atoms with Crippen molar-refractivity contribution in [2.24, 2.45) is 5.16 Å². The maximum absolute atomic E-state index is 10.3. The van der Waals surface area contributed by atoms with E-state index in [1.807, 2.05) is 24.3 Å². The molecule has 24 heavy (non-hydrogen) atoms. The maximum Gasteiger partial charge on any atom is 0.344 e. The Labute approximate surface area is 144 Å². The minimum Gasteiger partial charge on any atom is -0.481 e. The third kappa shape index (κ3) is 6.42. The summed E-state index contributed by atoms with van der Waals surface area (Å²) in [6.07, 6.45) is 1.43. The van der Waals surface area contributed by atoms with Crippen molar-refractivity contribution >= 4 is 23.8 Å². The van der Waals surface area contributed by atoms with Crippen molar-refractivity contribution in [2.75, 3.05) is 13.2 Å². The quantitative estimate of drug-likeness (QED) is 0.497. The summed E-state index contributed by atoms with van der Waals surface area (Å²) in [5.74, 6) is 5.49. The Kier molecular flexibility index (Phi) is 6.69. The Hall–Kier alpha value is -2.97. The lowest BCUT2D eigenvalue weighted by Gasteiger charge is -2.01. The summed E-state index contributed by atoms with van der Waals surface area (Å²) >= 11 is 5.86. The fourth-order valence-corrected chi connectivity index (χ4v) is 1.84. The molecule has 2 aromatic rings. The molecule has 1 N–H and O–H groups in total. The first kappa shape index (κ1) is 17.4. The van der Waals surface area contributed by atoms with Crippen molar-refractivity contribution in [3.63, 3.8) is 0 Å². The molecule has 0 atom stereocenters. The zero-order valence-corrected chi connectivity index (χ0v) is 13.4. The Morgan fingerprint density at radius 1 is 1.25 bits per heavy atom. The number of ether oxygens (including phenoxy) is 1. The van der Waals surface area contributed by atoms with E-state index in [0.29, 0.717) is 10.8 Å². The fraction of sp³-hybridized carbons (Fsp3) is 0.111. The molecule has 2 rings (SSSR count). The summed E-state index contributed by atoms with van der Waals surface area (Å²) in [6.45, 7) is -0.209. The van der Waals surface area contributed by atoms with Crippen LogP contribution in [0.1, 0.15) is 11.1 Å². The first-order valence-corrected chi connectivity index (χ1v) is 7.36. The molecule has 0 fully saturated rings. The van der Waals surface area contributed by atoms with Crippen molar-refractivity contribution in [3.8, 4) is 17.6 Å². The number of oxime groups is 1. The molecule has 0 spiro atoms. The fourth-order valence-electron chi connectivity index (χ4n) is 1.66. The predicted octanol–water partition coefficient (Wildman–Crippen LogP) is 3.21. The lowest BCUT2D eigenvalue weighted by atomic mass is 10.1. The largest absolute Gasteiger partial charge is 0.481 e. The standard InChI is InChI=1S/C18H14ClNO4/c19-16-4-1-5-17(11-16)23-10-2-3-14-6-8-15(9-7-14)12-20-24-13-18(21)22/h1,4-9,11-12H,10,13H2,(H,21,22). The van der Waals surface area contributed by atoms with E-state index in [1.54, 1.807) is 24.3 Å². The van der Waals surface area contributed by atoms with E-state index < -0.39 is 12.6 Å². The number of hydrogen-bond donors (Lipinski definition) is 1. The molecule has 0 unspecified atom stereocenters. The highest BCUT2D eigenvalue weighted by Gasteiger charge is 1.94. The average Bonchev–Trinajstić information content (AvgIpc) is 2.57. The van der Waals surface area contributed by atoms with Crippen LogP contribution in [0.25, 0.3) is 0 Å². The van der Waals surface area contributed by atoms with Crippen LogP contribution in [0.3, 0.4) is 0 Å². The second-order valence-corrected chi connectivity index (χ2v) is 5.01. The lowest BCUT2D eigenvalue weighted by molar-refractivity contribution is -0.142. The van der Waals surface area contributed by atoms with Gasteiger partial charge >= 0.3 is 5.97 Å². The summed E-state index contributed by atoms with van der Waals surface area (Å²) in [7, 11) is 0. The van der Waals surface area contributed by atoms with Gasteiger partial charge in [-0.2, -0.15) is 0 Å². The summed E-state index contributed by atoms with van der Waals surface area (Å²) in [5.41, 5.74) is 1.61. The minimum absolute atomic E-state index is 0.257. The van der Waals surface area contributed by atoms with E-state index in [1.165, 1.54) is 6.21 Å². The van der Waals surface area contributed by atoms with Gasteiger partial charge in [-0.3, -0.25) is 0 Å². The van der Waals surface area contributed by atoms with Gasteiger partial charge in [0.2, 0.25) is 6.61 Å². The van der Waals surface area contributed by atoms with E-state index in [4.69, 9.17) is 21.4 Å². The Balaban J connectivity index is 1.82. The van der Waals surface area contributed by atoms with Crippen LogP contribution in [0, 0.1) is 11.8 Å². The van der Waals surface area contributed by atoms with Crippen LogP contribution in [0.2, 0.25) is 5.02 Å². The summed E-state index contributed by atoms with van der Waals surface area (Å²) in [5, 5.41) is 12.6. The molecule has 0 aliphatic rings. The molecule has 0 saturated heterocycles. The highest BCUT2D eigenvalue weighted by molar-refractivity contribution is 6.30. The van der Waals surface area contributed by atoms with Crippen molar-refractivity contribution in [1.29, 1.82) is 0 Å². The van der Waals surface area contributed by atoms with Crippen LogP contribution in [0.4, 0.5) is 0 Å². The number of hydrogen-bond acceptors (Lipinski definition) is 4. The molecule has 0 amide bonds. The minimum atomic E-state index is -1.07. The number of benzene rings is 2. The van der Waals surface area contributed by atoms with Gasteiger partial charge < -0.3 is 14.7 Å². The van der Waals surface area contributed by atoms with Gasteiger partial charge in [-0.1, -0.05) is 46.8 Å². The Morgan fingerprint density at radius 3 is 2.75 bits per heavy atom. The molecule has 0 heterocycles. The number of nitrogens with zero attached hydrogens (tertiary/aromatic N) is 1. The van der Waals surface area contributed by atoms with Crippen molar-refractivity contribution in [2.45, 2.75) is 0 Å². The maximum atomic E-state index is 10.3. The zero-order valence-electron chi connectivity index (χ0n) is 12.6. The lowest BCUT2D eigenvalue weighted by Crippen LogP contribution is -2.03. The summed E-state index contributed by atoms with van der Waals surface area (Å²) in [4.78, 5) is 14.8. The zero-order chi connectivity index (χ0) is 17.2. The van der Waals surface area contributed by atoms with Gasteiger partial charge in [0, 0.05) is 10.6 Å². The molecule has 0 aliphatic heterocycles. The van der Waals surface area contributed by atoms with Crippen LogP contribution in [-0.2, 0) is 9.63 Å². The molecule has 0 bridgehead atoms. The molecule has 2 aromatic carbocycles. The Bertz CT molecular complexity index is 776. The van der Waals surface area contributed by atoms with Crippen LogP contribution in [0.15, 0.2) is 53.7 Å². The van der Waals surface area contributed by atoms with Crippen LogP contribution in [-0.4, -0.2) is 30.5 Å². The summed E-state index contributed by atoms with van der Waals surface area (Å²) < 4.78 is 5.47. The number of halogens is 1. The van der Waals surface area contributed by atoms with Crippen molar-refractivity contribution < 1.29 is 19.5 Å². The molecular weight excluding hydrogens is 330 g/mol. The Morgan fingerprint density at radius 2 is 2.04 bits per heavy atom.